The molecule has 0 spiro atoms. The van der Waals surface area contributed by atoms with Crippen molar-refractivity contribution in [3.63, 3.8) is 0 Å². The van der Waals surface area contributed by atoms with Gasteiger partial charge in [0.05, 0.1) is 0 Å². The van der Waals surface area contributed by atoms with Crippen molar-refractivity contribution in [2.75, 3.05) is 11.9 Å². The minimum Gasteiger partial charge on any atom is -0.463 e. The molecule has 39 heavy (non-hydrogen) atoms. The summed E-state index contributed by atoms with van der Waals surface area (Å²) < 4.78 is 27.7. The van der Waals surface area contributed by atoms with Gasteiger partial charge in [-0.2, -0.15) is 0 Å². The van der Waals surface area contributed by atoms with Gasteiger partial charge in [-0.1, -0.05) is 55.7 Å². The summed E-state index contributed by atoms with van der Waals surface area (Å²) in [5, 5.41) is 11.1. The van der Waals surface area contributed by atoms with Crippen LogP contribution in [0.4, 0.5) is 5.13 Å². The first-order valence-electron chi connectivity index (χ1n) is 12.6. The molecule has 0 aliphatic carbocycles. The van der Waals surface area contributed by atoms with Gasteiger partial charge in [0, 0.05) is 34.1 Å². The third-order valence-corrected chi connectivity index (χ3v) is 7.39. The number of esters is 4. The van der Waals surface area contributed by atoms with Gasteiger partial charge in [0.15, 0.2) is 28.1 Å². The van der Waals surface area contributed by atoms with Crippen LogP contribution in [0, 0.1) is 0 Å². The SMILES string of the molecule is CCCCCCCC(=O)Nc1nnc(S[C@@H]2O[C@H](COC(C)=O)[C@H](OC(C)=O)[C@H](OC(C)=O)[C@H]2OC(C)=O)s1. The molecule has 0 bridgehead atoms. The van der Waals surface area contributed by atoms with E-state index in [-0.39, 0.29) is 17.6 Å². The molecule has 1 amide bonds. The second kappa shape index (κ2) is 16.4. The Kier molecular flexibility index (Phi) is 13.6. The molecule has 0 radical (unpaired) electrons. The number of hydrogen-bond donors (Lipinski definition) is 1. The second-order valence-corrected chi connectivity index (χ2v) is 11.1. The highest BCUT2D eigenvalue weighted by Crippen LogP contribution is 2.39. The molecular formula is C24H35N3O10S2. The Morgan fingerprint density at radius 3 is 2.08 bits per heavy atom. The molecular weight excluding hydrogens is 554 g/mol. The lowest BCUT2D eigenvalue weighted by Gasteiger charge is -2.43. The van der Waals surface area contributed by atoms with E-state index in [4.69, 9.17) is 23.7 Å². The number of hydrogen-bond acceptors (Lipinski definition) is 14. The Bertz CT molecular complexity index is 1000. The first-order chi connectivity index (χ1) is 18.5. The van der Waals surface area contributed by atoms with Gasteiger partial charge < -0.3 is 29.0 Å². The predicted octanol–water partition coefficient (Wildman–Crippen LogP) is 3.01. The van der Waals surface area contributed by atoms with E-state index < -0.39 is 53.7 Å². The molecule has 2 rings (SSSR count). The van der Waals surface area contributed by atoms with Crippen LogP contribution < -0.4 is 5.32 Å². The van der Waals surface area contributed by atoms with E-state index in [0.717, 1.165) is 69.1 Å². The van der Waals surface area contributed by atoms with Crippen molar-refractivity contribution in [2.45, 2.75) is 107 Å². The van der Waals surface area contributed by atoms with Crippen LogP contribution in [0.5, 0.6) is 0 Å². The normalized spacial score (nSPS) is 22.4. The maximum atomic E-state index is 12.3. The van der Waals surface area contributed by atoms with Crippen LogP contribution in [0.1, 0.15) is 73.1 Å². The largest absolute Gasteiger partial charge is 0.463 e. The molecule has 5 atom stereocenters. The number of unbranched alkanes of at least 4 members (excludes halogenated alkanes) is 4. The summed E-state index contributed by atoms with van der Waals surface area (Å²) >= 11 is 2.08. The van der Waals surface area contributed by atoms with Crippen molar-refractivity contribution in [3.8, 4) is 0 Å². The first kappa shape index (κ1) is 32.4. The number of carbonyl (C=O) groups excluding carboxylic acids is 5. The van der Waals surface area contributed by atoms with E-state index in [1.807, 2.05) is 0 Å². The number of thioether (sulfide) groups is 1. The number of amides is 1. The van der Waals surface area contributed by atoms with Crippen molar-refractivity contribution < 1.29 is 47.7 Å². The van der Waals surface area contributed by atoms with Crippen LogP contribution in [0.25, 0.3) is 0 Å². The third kappa shape index (κ3) is 11.5. The lowest BCUT2D eigenvalue weighted by molar-refractivity contribution is -0.237. The molecule has 0 saturated carbocycles. The highest BCUT2D eigenvalue weighted by atomic mass is 32.2. The van der Waals surface area contributed by atoms with E-state index in [1.54, 1.807) is 0 Å². The lowest BCUT2D eigenvalue weighted by atomic mass is 9.99. The Morgan fingerprint density at radius 2 is 1.46 bits per heavy atom. The van der Waals surface area contributed by atoms with Gasteiger partial charge >= 0.3 is 23.9 Å². The average molecular weight is 590 g/mol. The van der Waals surface area contributed by atoms with Gasteiger partial charge in [-0.25, -0.2) is 0 Å². The van der Waals surface area contributed by atoms with E-state index >= 15 is 0 Å². The number of rotatable bonds is 14. The molecule has 1 aromatic heterocycles. The molecule has 15 heteroatoms. The van der Waals surface area contributed by atoms with Crippen LogP contribution in [0.15, 0.2) is 4.34 Å². The van der Waals surface area contributed by atoms with Crippen LogP contribution in [-0.2, 0) is 47.7 Å². The molecule has 1 aliphatic heterocycles. The Balaban J connectivity index is 2.22. The molecule has 218 valence electrons. The number of ether oxygens (including phenoxy) is 5. The number of aromatic nitrogens is 2. The molecule has 0 aromatic carbocycles. The predicted molar refractivity (Wildman–Crippen MR) is 140 cm³/mol. The van der Waals surface area contributed by atoms with Crippen molar-refractivity contribution in [2.24, 2.45) is 0 Å². The van der Waals surface area contributed by atoms with Gasteiger partial charge in [0.2, 0.25) is 11.0 Å². The molecule has 1 aliphatic rings. The van der Waals surface area contributed by atoms with E-state index in [1.165, 1.54) is 13.8 Å². The number of nitrogens with zero attached hydrogens (tertiary/aromatic N) is 2. The summed E-state index contributed by atoms with van der Waals surface area (Å²) in [6.45, 7) is 6.46. The molecule has 1 N–H and O–H groups in total. The molecule has 13 nitrogen and oxygen atoms in total. The van der Waals surface area contributed by atoms with E-state index in [0.29, 0.717) is 10.8 Å². The molecule has 1 aromatic rings. The summed E-state index contributed by atoms with van der Waals surface area (Å²) in [6, 6.07) is 0. The zero-order valence-electron chi connectivity index (χ0n) is 22.6. The van der Waals surface area contributed by atoms with Gasteiger partial charge in [-0.05, 0) is 6.42 Å². The third-order valence-electron chi connectivity index (χ3n) is 5.33. The summed E-state index contributed by atoms with van der Waals surface area (Å²) in [6.07, 6.45) is 0.652. The van der Waals surface area contributed by atoms with E-state index in [9.17, 15) is 24.0 Å². The highest BCUT2D eigenvalue weighted by molar-refractivity contribution is 8.01. The number of carbonyl (C=O) groups is 5. The number of nitrogens with one attached hydrogen (secondary N) is 1. The summed E-state index contributed by atoms with van der Waals surface area (Å²) in [7, 11) is 0. The number of anilines is 1. The Hall–Kier alpha value is -2.78. The first-order valence-corrected chi connectivity index (χ1v) is 14.3. The fraction of sp³-hybridized carbons (Fsp3) is 0.708. The Morgan fingerprint density at radius 1 is 0.846 bits per heavy atom. The molecule has 2 heterocycles. The van der Waals surface area contributed by atoms with Crippen LogP contribution >= 0.6 is 23.1 Å². The van der Waals surface area contributed by atoms with Crippen molar-refractivity contribution in [3.05, 3.63) is 0 Å². The fourth-order valence-electron chi connectivity index (χ4n) is 3.76. The van der Waals surface area contributed by atoms with Gasteiger partial charge in [0.1, 0.15) is 12.7 Å². The summed E-state index contributed by atoms with van der Waals surface area (Å²) in [5.74, 6) is -2.91. The molecule has 1 saturated heterocycles. The van der Waals surface area contributed by atoms with Gasteiger partial charge in [-0.3, -0.25) is 24.0 Å². The quantitative estimate of drug-likeness (QED) is 0.146. The summed E-state index contributed by atoms with van der Waals surface area (Å²) in [5.41, 5.74) is -1.03. The highest BCUT2D eigenvalue weighted by Gasteiger charge is 2.52. The maximum Gasteiger partial charge on any atom is 0.303 e. The van der Waals surface area contributed by atoms with Gasteiger partial charge in [0.25, 0.3) is 0 Å². The molecule has 1 fully saturated rings. The zero-order chi connectivity index (χ0) is 28.9. The van der Waals surface area contributed by atoms with Crippen LogP contribution in [0.3, 0.4) is 0 Å². The fourth-order valence-corrected chi connectivity index (χ4v) is 5.80. The van der Waals surface area contributed by atoms with Crippen molar-refractivity contribution >= 4 is 58.0 Å². The zero-order valence-corrected chi connectivity index (χ0v) is 24.3. The minimum absolute atomic E-state index is 0.175. The maximum absolute atomic E-state index is 12.3. The summed E-state index contributed by atoms with van der Waals surface area (Å²) in [4.78, 5) is 59.5. The van der Waals surface area contributed by atoms with Crippen molar-refractivity contribution in [1.29, 1.82) is 0 Å². The monoisotopic (exact) mass is 589 g/mol. The van der Waals surface area contributed by atoms with Gasteiger partial charge in [-0.15, -0.1) is 10.2 Å². The van der Waals surface area contributed by atoms with E-state index in [2.05, 4.69) is 22.4 Å². The standard InChI is InChI=1S/C24H35N3O10S2/c1-6-7-8-9-10-11-18(32)25-23-26-27-24(39-23)38-22-21(36-16(5)31)20(35-15(4)30)19(34-14(3)29)17(37-22)12-33-13(2)28/h17,19-22H,6-12H2,1-5H3,(H,25,26,32)/t17-,19+,20+,21-,22+/m1/s1. The second-order valence-electron chi connectivity index (χ2n) is 8.77. The van der Waals surface area contributed by atoms with Crippen LogP contribution in [0.2, 0.25) is 0 Å². The van der Waals surface area contributed by atoms with Crippen molar-refractivity contribution in [1.82, 2.24) is 10.2 Å². The topological polar surface area (TPSA) is 169 Å². The Labute approximate surface area is 235 Å². The smallest absolute Gasteiger partial charge is 0.303 e. The minimum atomic E-state index is -1.28. The van der Waals surface area contributed by atoms with Crippen LogP contribution in [-0.4, -0.2) is 76.4 Å². The lowest BCUT2D eigenvalue weighted by Crippen LogP contribution is -2.61. The molecule has 0 unspecified atom stereocenters. The average Bonchev–Trinajstić information content (AvgIpc) is 3.27.